The molecule has 36 heteroatoms. The lowest BCUT2D eigenvalue weighted by atomic mass is 9.96. The molecule has 0 radical (unpaired) electrons. The second kappa shape index (κ2) is 44.5. The molecular formula is C78H107N19O16S. The number of carboxylic acid groups (broad SMARTS) is 1. The molecule has 0 bridgehead atoms. The molecule has 0 spiro atoms. The minimum absolute atomic E-state index is 0.00315. The van der Waals surface area contributed by atoms with Gasteiger partial charge in [0.1, 0.15) is 66.5 Å². The number of carbonyl (C=O) groups is 14. The van der Waals surface area contributed by atoms with Crippen molar-refractivity contribution in [2.75, 3.05) is 37.7 Å². The van der Waals surface area contributed by atoms with E-state index in [4.69, 9.17) is 22.6 Å². The van der Waals surface area contributed by atoms with Crippen molar-refractivity contribution in [3.05, 3.63) is 120 Å². The van der Waals surface area contributed by atoms with Crippen molar-refractivity contribution in [2.24, 2.45) is 29.0 Å². The van der Waals surface area contributed by atoms with Crippen molar-refractivity contribution in [3.8, 4) is 0 Å². The molecule has 114 heavy (non-hydrogen) atoms. The molecule has 3 heterocycles. The number of rotatable bonds is 24. The third kappa shape index (κ3) is 27.0. The van der Waals surface area contributed by atoms with Crippen molar-refractivity contribution < 1.29 is 77.3 Å². The lowest BCUT2D eigenvalue weighted by molar-refractivity contribution is -0.141. The van der Waals surface area contributed by atoms with Gasteiger partial charge in [-0.1, -0.05) is 133 Å². The number of aliphatic hydroxyl groups is 1. The van der Waals surface area contributed by atoms with E-state index in [9.17, 15) is 63.0 Å². The van der Waals surface area contributed by atoms with Crippen LogP contribution in [0.5, 0.6) is 0 Å². The summed E-state index contributed by atoms with van der Waals surface area (Å²) in [5.41, 5.74) is 20.3. The highest BCUT2D eigenvalue weighted by Crippen LogP contribution is 2.24. The van der Waals surface area contributed by atoms with Crippen LogP contribution in [0.15, 0.2) is 103 Å². The van der Waals surface area contributed by atoms with Gasteiger partial charge in [-0.3, -0.25) is 72.5 Å². The minimum atomic E-state index is -1.99. The maximum absolute atomic E-state index is 15.1. The predicted octanol–water partition coefficient (Wildman–Crippen LogP) is -0.737. The summed E-state index contributed by atoms with van der Waals surface area (Å²) < 4.78 is 0. The number of nitrogens with one attached hydrogen (secondary N) is 16. The molecule has 13 amide bonds. The number of hydrogen-bond acceptors (Lipinski definition) is 18. The topological polar surface area (TPSA) is 569 Å². The van der Waals surface area contributed by atoms with Gasteiger partial charge in [0.25, 0.3) is 0 Å². The fraction of sp³-hybridized carbons (Fsp3) is 0.474. The Hall–Kier alpha value is -11.7. The summed E-state index contributed by atoms with van der Waals surface area (Å²) in [6, 6.07) is 9.88. The summed E-state index contributed by atoms with van der Waals surface area (Å²) in [4.78, 5) is 207. The third-order valence-electron chi connectivity index (χ3n) is 19.5. The van der Waals surface area contributed by atoms with Crippen LogP contribution < -0.4 is 86.3 Å². The monoisotopic (exact) mass is 1600 g/mol. The van der Waals surface area contributed by atoms with Gasteiger partial charge < -0.3 is 107 Å². The number of carboxylic acids is 1. The standard InChI is InChI=1S/C78H107N19O16S/c1-6-8-22-54-70(106)89-55(25-15-16-29-79)71(107)91-58(34-48-37-85-52-24-14-12-21-50(48)52)75(111)96-65(42(3)4)76(112)95-61(67(80)103)40-114-41-63(100)88-56(32-44-27-28-45-18-9-10-19-46(45)31-44)74(110)97-66(43(5)7-2)77(113)94-60(39-98)68(104)86-38-62(99)87-53(26-17-30-83-78(81)82)69(105)93-59(35-64(101)102)73(109)92-57(72(108)90-54)33-47-36-84-51-23-13-11-20-49(47)51/h9-14,18-21,23-24,27-28,31,36-37,42-43,53-61,65-66,84-85,98H,6-8,15-17,22,25-26,29-30,32-35,38-41,79H2,1-5H3,(H2,80,103)(H,86,104)(H,87,99)(H,88,100)(H,89,106)(H,90,108)(H,91,107)(H,92,109)(H,93,105)(H,94,113)(H,95,112)(H,96,111)(H,97,110)(H,101,102)(H4,81,82,83)/t43-,53-,54+,55-,56+,57+,58-,59-,60-,61-,65-,66-/m0/s1. The average Bonchev–Trinajstić information content (AvgIpc) is 1.62. The van der Waals surface area contributed by atoms with E-state index in [1.54, 1.807) is 94.7 Å². The van der Waals surface area contributed by atoms with Gasteiger partial charge in [-0.25, -0.2) is 0 Å². The van der Waals surface area contributed by atoms with Crippen molar-refractivity contribution in [1.82, 2.24) is 79.1 Å². The Morgan fingerprint density at radius 3 is 1.56 bits per heavy atom. The number of fused-ring (bicyclic) bond motifs is 3. The summed E-state index contributed by atoms with van der Waals surface area (Å²) in [6.45, 7) is 6.61. The minimum Gasteiger partial charge on any atom is -0.481 e. The average molecular weight is 1600 g/mol. The van der Waals surface area contributed by atoms with Crippen LogP contribution in [0.3, 0.4) is 0 Å². The number of aliphatic hydroxyl groups excluding tert-OH is 1. The van der Waals surface area contributed by atoms with Crippen LogP contribution in [0.1, 0.15) is 116 Å². The fourth-order valence-corrected chi connectivity index (χ4v) is 13.8. The van der Waals surface area contributed by atoms with E-state index in [1.165, 1.54) is 0 Å². The molecule has 0 aliphatic carbocycles. The second-order valence-electron chi connectivity index (χ2n) is 28.6. The van der Waals surface area contributed by atoms with Crippen LogP contribution in [0, 0.1) is 17.2 Å². The van der Waals surface area contributed by atoms with E-state index in [1.807, 2.05) is 43.3 Å². The predicted molar refractivity (Wildman–Crippen MR) is 428 cm³/mol. The molecule has 1 saturated heterocycles. The second-order valence-corrected chi connectivity index (χ2v) is 29.6. The Morgan fingerprint density at radius 1 is 0.526 bits per heavy atom. The van der Waals surface area contributed by atoms with Crippen LogP contribution in [0.4, 0.5) is 0 Å². The van der Waals surface area contributed by atoms with Crippen molar-refractivity contribution >= 4 is 133 Å². The van der Waals surface area contributed by atoms with Crippen molar-refractivity contribution in [1.29, 1.82) is 5.41 Å². The van der Waals surface area contributed by atoms with Crippen LogP contribution in [-0.2, 0) is 86.4 Å². The van der Waals surface area contributed by atoms with E-state index in [2.05, 4.69) is 79.1 Å². The summed E-state index contributed by atoms with van der Waals surface area (Å²) >= 11 is 0.864. The summed E-state index contributed by atoms with van der Waals surface area (Å²) in [6.07, 6.45) is 2.91. The Kier molecular flexibility index (Phi) is 35.0. The summed E-state index contributed by atoms with van der Waals surface area (Å²) in [7, 11) is 0. The lowest BCUT2D eigenvalue weighted by Crippen LogP contribution is -2.61. The number of amides is 13. The maximum Gasteiger partial charge on any atom is 0.305 e. The zero-order valence-electron chi connectivity index (χ0n) is 64.5. The first-order valence-corrected chi connectivity index (χ1v) is 39.3. The number of hydrogen-bond donors (Lipinski definition) is 21. The largest absolute Gasteiger partial charge is 0.481 e. The van der Waals surface area contributed by atoms with Crippen LogP contribution >= 0.6 is 11.8 Å². The van der Waals surface area contributed by atoms with Gasteiger partial charge in [-0.15, -0.1) is 11.8 Å². The Balaban J connectivity index is 1.27. The first-order chi connectivity index (χ1) is 54.5. The molecule has 24 N–H and O–H groups in total. The van der Waals surface area contributed by atoms with Crippen LogP contribution in [0.2, 0.25) is 0 Å². The smallest absolute Gasteiger partial charge is 0.305 e. The molecule has 0 unspecified atom stereocenters. The number of aliphatic carboxylic acids is 1. The number of benzene rings is 4. The molecule has 4 aromatic carbocycles. The fourth-order valence-electron chi connectivity index (χ4n) is 13.0. The number of thioether (sulfide) groups is 1. The number of primary amides is 1. The number of H-pyrrole nitrogens is 2. The van der Waals surface area contributed by atoms with Gasteiger partial charge in [0.2, 0.25) is 76.8 Å². The quantitative estimate of drug-likeness (QED) is 0.0202. The van der Waals surface area contributed by atoms with Gasteiger partial charge in [0.15, 0.2) is 5.96 Å². The van der Waals surface area contributed by atoms with Gasteiger partial charge in [-0.05, 0) is 96.5 Å². The highest BCUT2D eigenvalue weighted by Gasteiger charge is 2.39. The highest BCUT2D eigenvalue weighted by molar-refractivity contribution is 8.00. The third-order valence-corrected chi connectivity index (χ3v) is 20.6. The molecule has 616 valence electrons. The first-order valence-electron chi connectivity index (χ1n) is 38.2. The van der Waals surface area contributed by atoms with Crippen LogP contribution in [-0.4, -0.2) is 213 Å². The normalized spacial score (nSPS) is 22.9. The maximum atomic E-state index is 15.1. The number of para-hydroxylation sites is 2. The van der Waals surface area contributed by atoms with E-state index in [-0.39, 0.29) is 76.6 Å². The Bertz CT molecular complexity index is 4400. The first kappa shape index (κ1) is 89.5. The summed E-state index contributed by atoms with van der Waals surface area (Å²) in [5.74, 6) is -16.6. The number of unbranched alkanes of at least 4 members (excludes halogenated alkanes) is 2. The van der Waals surface area contributed by atoms with Crippen molar-refractivity contribution in [2.45, 2.75) is 185 Å². The Labute approximate surface area is 663 Å². The van der Waals surface area contributed by atoms with E-state index >= 15 is 14.4 Å². The number of carbonyl (C=O) groups excluding carboxylic acids is 13. The molecule has 2 aromatic heterocycles. The lowest BCUT2D eigenvalue weighted by Gasteiger charge is -2.29. The molecule has 35 nitrogen and oxygen atoms in total. The van der Waals surface area contributed by atoms with Crippen LogP contribution in [0.25, 0.3) is 32.6 Å². The number of aromatic nitrogens is 2. The highest BCUT2D eigenvalue weighted by atomic mass is 32.2. The molecular weight excluding hydrogens is 1490 g/mol. The number of aromatic amines is 2. The molecule has 1 aliphatic heterocycles. The zero-order chi connectivity index (χ0) is 83.1. The summed E-state index contributed by atoms with van der Waals surface area (Å²) in [5, 5.41) is 65.3. The Morgan fingerprint density at radius 2 is 1.01 bits per heavy atom. The molecule has 7 rings (SSSR count). The molecule has 1 fully saturated rings. The van der Waals surface area contributed by atoms with E-state index in [0.717, 1.165) is 22.5 Å². The van der Waals surface area contributed by atoms with Gasteiger partial charge >= 0.3 is 5.97 Å². The molecule has 6 aromatic rings. The van der Waals surface area contributed by atoms with Gasteiger partial charge in [0.05, 0.1) is 25.3 Å². The number of nitrogens with two attached hydrogens (primary N) is 3. The van der Waals surface area contributed by atoms with Gasteiger partial charge in [-0.2, -0.15) is 0 Å². The molecule has 1 aliphatic rings. The SMILES string of the molecule is CCCC[C@H]1NC(=O)[C@@H](Cc2c[nH]c3ccccc23)NC(=O)[C@H](CC(=O)O)NC(=O)[C@H](CCCNC(=N)N)NC(=O)CNC(=O)[C@H](CO)NC(=O)[C@H]([C@@H](C)CC)NC(=O)[C@@H](Cc2ccc3ccccc3c2)NC(=O)CSC[C@@H](C(N)=O)NC(=O)[C@H](C(C)C)NC(=O)[C@H](Cc2c[nH]c3ccccc23)NC(=O)[C@H](CCCCN)NC1=O. The van der Waals surface area contributed by atoms with E-state index in [0.29, 0.717) is 57.8 Å². The van der Waals surface area contributed by atoms with Gasteiger partial charge in [0, 0.05) is 65.8 Å². The molecule has 0 saturated carbocycles. The number of guanidine groups is 1. The zero-order valence-corrected chi connectivity index (χ0v) is 65.3. The van der Waals surface area contributed by atoms with Crippen molar-refractivity contribution in [3.63, 3.8) is 0 Å². The molecule has 12 atom stereocenters. The van der Waals surface area contributed by atoms with E-state index < -0.39 is 192 Å².